The molecular formula is C15H21NOS. The van der Waals surface area contributed by atoms with Crippen molar-refractivity contribution in [3.05, 3.63) is 35.2 Å². The summed E-state index contributed by atoms with van der Waals surface area (Å²) in [7, 11) is 1.77. The third-order valence-corrected chi connectivity index (χ3v) is 4.16. The van der Waals surface area contributed by atoms with Crippen molar-refractivity contribution in [2.24, 2.45) is 0 Å². The van der Waals surface area contributed by atoms with Gasteiger partial charge in [-0.3, -0.25) is 0 Å². The van der Waals surface area contributed by atoms with Gasteiger partial charge in [-0.05, 0) is 41.8 Å². The van der Waals surface area contributed by atoms with Crippen LogP contribution in [0.1, 0.15) is 31.4 Å². The van der Waals surface area contributed by atoms with Crippen molar-refractivity contribution in [3.8, 4) is 0 Å². The summed E-state index contributed by atoms with van der Waals surface area (Å²) in [6.07, 6.45) is 2.22. The summed E-state index contributed by atoms with van der Waals surface area (Å²) in [4.78, 5) is 0. The summed E-state index contributed by atoms with van der Waals surface area (Å²) in [6.45, 7) is 4.00. The second-order valence-corrected chi connectivity index (χ2v) is 5.35. The Morgan fingerprint density at radius 1 is 1.33 bits per heavy atom. The minimum atomic E-state index is 0.437. The van der Waals surface area contributed by atoms with Gasteiger partial charge in [-0.25, -0.2) is 0 Å². The first kappa shape index (κ1) is 13.5. The van der Waals surface area contributed by atoms with Gasteiger partial charge in [0.25, 0.3) is 0 Å². The molecule has 1 heterocycles. The smallest absolute Gasteiger partial charge is 0.0462 e. The van der Waals surface area contributed by atoms with Gasteiger partial charge in [0.15, 0.2) is 0 Å². The highest BCUT2D eigenvalue weighted by Gasteiger charge is 2.13. The van der Waals surface area contributed by atoms with Crippen LogP contribution in [0.25, 0.3) is 10.1 Å². The van der Waals surface area contributed by atoms with Gasteiger partial charge in [-0.2, -0.15) is 0 Å². The van der Waals surface area contributed by atoms with Crippen LogP contribution in [0.3, 0.4) is 0 Å². The number of thiophene rings is 1. The quantitative estimate of drug-likeness (QED) is 0.763. The Morgan fingerprint density at radius 2 is 2.22 bits per heavy atom. The number of methoxy groups -OCH3 is 1. The van der Waals surface area contributed by atoms with E-state index >= 15 is 0 Å². The molecule has 1 unspecified atom stereocenters. The fourth-order valence-corrected chi connectivity index (χ4v) is 3.31. The SMILES string of the molecule is CCNC(CCCOC)c1cccc2ccsc12. The highest BCUT2D eigenvalue weighted by atomic mass is 32.1. The summed E-state index contributed by atoms with van der Waals surface area (Å²) in [5, 5.41) is 7.12. The molecule has 1 N–H and O–H groups in total. The van der Waals surface area contributed by atoms with E-state index in [2.05, 4.69) is 41.9 Å². The van der Waals surface area contributed by atoms with Crippen molar-refractivity contribution < 1.29 is 4.74 Å². The summed E-state index contributed by atoms with van der Waals surface area (Å²) in [5.74, 6) is 0. The molecule has 18 heavy (non-hydrogen) atoms. The third-order valence-electron chi connectivity index (χ3n) is 3.18. The Balaban J connectivity index is 2.20. The van der Waals surface area contributed by atoms with Crippen molar-refractivity contribution in [1.82, 2.24) is 5.32 Å². The molecule has 2 nitrogen and oxygen atoms in total. The first-order chi connectivity index (χ1) is 8.86. The number of nitrogens with one attached hydrogen (secondary N) is 1. The minimum Gasteiger partial charge on any atom is -0.385 e. The summed E-state index contributed by atoms with van der Waals surface area (Å²) in [5.41, 5.74) is 1.43. The van der Waals surface area contributed by atoms with Crippen molar-refractivity contribution in [1.29, 1.82) is 0 Å². The average molecular weight is 263 g/mol. The van der Waals surface area contributed by atoms with E-state index in [1.54, 1.807) is 7.11 Å². The molecule has 0 radical (unpaired) electrons. The Morgan fingerprint density at radius 3 is 3.00 bits per heavy atom. The maximum absolute atomic E-state index is 5.15. The monoisotopic (exact) mass is 263 g/mol. The fraction of sp³-hybridized carbons (Fsp3) is 0.467. The molecule has 2 aromatic rings. The Hall–Kier alpha value is -0.900. The highest BCUT2D eigenvalue weighted by Crippen LogP contribution is 2.30. The van der Waals surface area contributed by atoms with Gasteiger partial charge in [-0.15, -0.1) is 11.3 Å². The first-order valence-electron chi connectivity index (χ1n) is 6.55. The molecule has 0 saturated heterocycles. The summed E-state index contributed by atoms with van der Waals surface area (Å²) >= 11 is 1.84. The molecule has 0 bridgehead atoms. The van der Waals surface area contributed by atoms with Crippen LogP contribution >= 0.6 is 11.3 Å². The van der Waals surface area contributed by atoms with E-state index in [-0.39, 0.29) is 0 Å². The topological polar surface area (TPSA) is 21.3 Å². The van der Waals surface area contributed by atoms with Gasteiger partial charge in [0, 0.05) is 24.5 Å². The maximum atomic E-state index is 5.15. The molecule has 0 aliphatic rings. The summed E-state index contributed by atoms with van der Waals surface area (Å²) < 4.78 is 6.57. The minimum absolute atomic E-state index is 0.437. The average Bonchev–Trinajstić information content (AvgIpc) is 2.86. The van der Waals surface area contributed by atoms with E-state index < -0.39 is 0 Å². The number of hydrogen-bond acceptors (Lipinski definition) is 3. The molecule has 0 aliphatic carbocycles. The summed E-state index contributed by atoms with van der Waals surface area (Å²) in [6, 6.07) is 9.23. The van der Waals surface area contributed by atoms with Crippen molar-refractivity contribution in [3.63, 3.8) is 0 Å². The molecule has 1 aromatic carbocycles. The highest BCUT2D eigenvalue weighted by molar-refractivity contribution is 7.17. The fourth-order valence-electron chi connectivity index (χ4n) is 2.34. The van der Waals surface area contributed by atoms with Gasteiger partial charge >= 0.3 is 0 Å². The zero-order valence-corrected chi connectivity index (χ0v) is 11.9. The first-order valence-corrected chi connectivity index (χ1v) is 7.43. The van der Waals surface area contributed by atoms with Crippen LogP contribution in [-0.4, -0.2) is 20.3 Å². The lowest BCUT2D eigenvalue weighted by atomic mass is 10.0. The third kappa shape index (κ3) is 3.10. The molecule has 98 valence electrons. The zero-order valence-electron chi connectivity index (χ0n) is 11.1. The molecular weight excluding hydrogens is 242 g/mol. The van der Waals surface area contributed by atoms with Gasteiger partial charge in [0.1, 0.15) is 0 Å². The van der Waals surface area contributed by atoms with Gasteiger partial charge < -0.3 is 10.1 Å². The molecule has 2 rings (SSSR count). The zero-order chi connectivity index (χ0) is 12.8. The molecule has 0 spiro atoms. The van der Waals surface area contributed by atoms with Crippen LogP contribution in [0.15, 0.2) is 29.6 Å². The van der Waals surface area contributed by atoms with E-state index in [9.17, 15) is 0 Å². The Kier molecular flexibility index (Phi) is 5.17. The lowest BCUT2D eigenvalue weighted by molar-refractivity contribution is 0.189. The maximum Gasteiger partial charge on any atom is 0.0462 e. The lowest BCUT2D eigenvalue weighted by Gasteiger charge is -2.19. The number of benzene rings is 1. The Bertz CT molecular complexity index is 480. The molecule has 0 aliphatic heterocycles. The molecule has 0 amide bonds. The van der Waals surface area contributed by atoms with E-state index in [0.717, 1.165) is 26.0 Å². The largest absolute Gasteiger partial charge is 0.385 e. The second-order valence-electron chi connectivity index (χ2n) is 4.43. The van der Waals surface area contributed by atoms with Crippen LogP contribution in [0.2, 0.25) is 0 Å². The number of rotatable bonds is 7. The van der Waals surface area contributed by atoms with Crippen molar-refractivity contribution in [2.75, 3.05) is 20.3 Å². The van der Waals surface area contributed by atoms with E-state index in [4.69, 9.17) is 4.74 Å². The predicted octanol–water partition coefficient (Wildman–Crippen LogP) is 3.98. The second kappa shape index (κ2) is 6.88. The van der Waals surface area contributed by atoms with E-state index in [0.29, 0.717) is 6.04 Å². The van der Waals surface area contributed by atoms with Crippen molar-refractivity contribution >= 4 is 21.4 Å². The van der Waals surface area contributed by atoms with Gasteiger partial charge in [-0.1, -0.05) is 25.1 Å². The van der Waals surface area contributed by atoms with E-state index in [1.165, 1.54) is 15.6 Å². The predicted molar refractivity (Wildman–Crippen MR) is 79.4 cm³/mol. The van der Waals surface area contributed by atoms with Crippen LogP contribution in [0.5, 0.6) is 0 Å². The standard InChI is InChI=1S/C15H21NOS/c1-3-16-14(8-5-10-17-2)13-7-4-6-12-9-11-18-15(12)13/h4,6-7,9,11,14,16H,3,5,8,10H2,1-2H3. The molecule has 3 heteroatoms. The molecule has 0 fully saturated rings. The molecule has 0 saturated carbocycles. The Labute approximate surface area is 113 Å². The number of ether oxygens (including phenoxy) is 1. The van der Waals surface area contributed by atoms with Crippen LogP contribution < -0.4 is 5.32 Å². The van der Waals surface area contributed by atoms with Crippen molar-refractivity contribution in [2.45, 2.75) is 25.8 Å². The van der Waals surface area contributed by atoms with Crippen LogP contribution in [-0.2, 0) is 4.74 Å². The number of fused-ring (bicyclic) bond motifs is 1. The molecule has 1 atom stereocenters. The van der Waals surface area contributed by atoms with E-state index in [1.807, 2.05) is 11.3 Å². The van der Waals surface area contributed by atoms with Crippen LogP contribution in [0, 0.1) is 0 Å². The van der Waals surface area contributed by atoms with Gasteiger partial charge in [0.05, 0.1) is 0 Å². The van der Waals surface area contributed by atoms with Crippen LogP contribution in [0.4, 0.5) is 0 Å². The van der Waals surface area contributed by atoms with Gasteiger partial charge in [0.2, 0.25) is 0 Å². The molecule has 1 aromatic heterocycles. The lowest BCUT2D eigenvalue weighted by Crippen LogP contribution is -2.21. The normalized spacial score (nSPS) is 13.0. The number of hydrogen-bond donors (Lipinski definition) is 1.